The predicted molar refractivity (Wildman–Crippen MR) is 136 cm³/mol. The Morgan fingerprint density at radius 2 is 0.763 bits per heavy atom. The Labute approximate surface area is 216 Å². The van der Waals surface area contributed by atoms with Gasteiger partial charge in [-0.05, 0) is 68.1 Å². The second-order valence-electron chi connectivity index (χ2n) is 9.30. The average Bonchev–Trinajstić information content (AvgIpc) is 2.86. The molecule has 0 radical (unpaired) electrons. The van der Waals surface area contributed by atoms with Crippen molar-refractivity contribution in [2.24, 2.45) is 0 Å². The van der Waals surface area contributed by atoms with Gasteiger partial charge >= 0.3 is 12.4 Å². The minimum Gasteiger partial charge on any atom is -0.246 e. The molecule has 0 saturated heterocycles. The molecule has 0 fully saturated rings. The first-order chi connectivity index (χ1) is 17.9. The van der Waals surface area contributed by atoms with Crippen LogP contribution >= 0.6 is 0 Å². The molecule has 0 aromatic heterocycles. The highest BCUT2D eigenvalue weighted by atomic mass is 19.4. The molecule has 0 bridgehead atoms. The van der Waals surface area contributed by atoms with Crippen LogP contribution in [0.15, 0.2) is 84.9 Å². The lowest BCUT2D eigenvalue weighted by Crippen LogP contribution is -2.11. The van der Waals surface area contributed by atoms with Gasteiger partial charge in [-0.15, -0.1) is 0 Å². The third-order valence-electron chi connectivity index (χ3n) is 6.25. The van der Waals surface area contributed by atoms with Crippen molar-refractivity contribution in [2.45, 2.75) is 45.2 Å². The van der Waals surface area contributed by atoms with E-state index in [1.54, 1.807) is 30.3 Å². The molecule has 0 aliphatic carbocycles. The molecular weight excluding hydrogens is 505 g/mol. The maximum atomic E-state index is 13.3. The number of rotatable bonds is 7. The summed E-state index contributed by atoms with van der Waals surface area (Å²) in [7, 11) is 0. The van der Waals surface area contributed by atoms with Crippen molar-refractivity contribution >= 4 is 0 Å². The number of aryl methyl sites for hydroxylation is 1. The molecule has 0 nitrogen and oxygen atoms in total. The molecule has 0 aliphatic heterocycles. The summed E-state index contributed by atoms with van der Waals surface area (Å²) in [5.74, 6) is 0. The minimum atomic E-state index is -4.39. The van der Waals surface area contributed by atoms with Gasteiger partial charge in [0.15, 0.2) is 0 Å². The Morgan fingerprint density at radius 1 is 0.447 bits per heavy atom. The first kappa shape index (κ1) is 27.4. The molecule has 0 N–H and O–H groups in total. The minimum absolute atomic E-state index is 0.00727. The van der Waals surface area contributed by atoms with Crippen LogP contribution in [0.3, 0.4) is 0 Å². The second kappa shape index (κ2) is 11.0. The van der Waals surface area contributed by atoms with Crippen molar-refractivity contribution in [2.75, 3.05) is 0 Å². The van der Waals surface area contributed by atoms with Crippen LogP contribution in [-0.4, -0.2) is 12.4 Å². The van der Waals surface area contributed by atoms with Gasteiger partial charge in [0, 0.05) is 0 Å². The summed E-state index contributed by atoms with van der Waals surface area (Å²) < 4.78 is 90.7. The van der Waals surface area contributed by atoms with E-state index in [4.69, 9.17) is 0 Å². The molecule has 38 heavy (non-hydrogen) atoms. The first-order valence-corrected chi connectivity index (χ1v) is 12.1. The molecule has 4 rings (SSSR count). The van der Waals surface area contributed by atoms with Crippen molar-refractivity contribution in [3.05, 3.63) is 107 Å². The fourth-order valence-electron chi connectivity index (χ4n) is 4.52. The standard InChI is InChI=1S/C31H25F7/c1-2-20-11-21(17-30(33,34)35)14-28(13-20)26-7-3-24(4-8-26)25-5-9-27(10-6-25)29-15-22(18-31(36,37)38)12-23(16-29)19-32/h3-16H,2,17-19H2,1H3. The Kier molecular flexibility index (Phi) is 7.95. The molecule has 4 aromatic carbocycles. The number of hydrogen-bond acceptors (Lipinski definition) is 0. The SMILES string of the molecule is CCc1cc(CC(F)(F)F)cc(-c2ccc(-c3ccc(-c4cc(CF)cc(CC(F)(F)F)c4)cc3)cc2)c1. The van der Waals surface area contributed by atoms with Crippen molar-refractivity contribution in [1.82, 2.24) is 0 Å². The Hall–Kier alpha value is -3.61. The molecule has 0 atom stereocenters. The summed E-state index contributed by atoms with van der Waals surface area (Å²) in [4.78, 5) is 0. The summed E-state index contributed by atoms with van der Waals surface area (Å²) in [5.41, 5.74) is 5.66. The highest BCUT2D eigenvalue weighted by molar-refractivity contribution is 5.74. The molecule has 7 heteroatoms. The number of benzene rings is 4. The van der Waals surface area contributed by atoms with E-state index >= 15 is 0 Å². The maximum absolute atomic E-state index is 13.3. The van der Waals surface area contributed by atoms with E-state index in [1.807, 2.05) is 49.4 Å². The third kappa shape index (κ3) is 7.24. The van der Waals surface area contributed by atoms with E-state index < -0.39 is 31.9 Å². The van der Waals surface area contributed by atoms with Crippen LogP contribution in [0.2, 0.25) is 0 Å². The van der Waals surface area contributed by atoms with Crippen molar-refractivity contribution in [1.29, 1.82) is 0 Å². The molecule has 0 aliphatic rings. The smallest absolute Gasteiger partial charge is 0.246 e. The Morgan fingerprint density at radius 3 is 1.11 bits per heavy atom. The molecule has 0 amide bonds. The largest absolute Gasteiger partial charge is 0.393 e. The predicted octanol–water partition coefficient (Wildman–Crippen LogP) is 9.93. The number of halogens is 7. The summed E-state index contributed by atoms with van der Waals surface area (Å²) >= 11 is 0. The van der Waals surface area contributed by atoms with Crippen molar-refractivity contribution in [3.8, 4) is 33.4 Å². The fourth-order valence-corrected chi connectivity index (χ4v) is 4.52. The van der Waals surface area contributed by atoms with Crippen molar-refractivity contribution in [3.63, 3.8) is 0 Å². The van der Waals surface area contributed by atoms with Gasteiger partial charge < -0.3 is 0 Å². The average molecular weight is 531 g/mol. The quantitative estimate of drug-likeness (QED) is 0.209. The zero-order valence-corrected chi connectivity index (χ0v) is 20.6. The summed E-state index contributed by atoms with van der Waals surface area (Å²) in [6.45, 7) is 1.04. The lowest BCUT2D eigenvalue weighted by Gasteiger charge is -2.12. The zero-order valence-electron chi connectivity index (χ0n) is 20.6. The van der Waals surface area contributed by atoms with Crippen LogP contribution in [0.5, 0.6) is 0 Å². The molecule has 0 heterocycles. The monoisotopic (exact) mass is 530 g/mol. The van der Waals surface area contributed by atoms with E-state index in [9.17, 15) is 30.7 Å². The van der Waals surface area contributed by atoms with Crippen LogP contribution in [0, 0.1) is 0 Å². The van der Waals surface area contributed by atoms with Crippen LogP contribution in [0.25, 0.3) is 33.4 Å². The highest BCUT2D eigenvalue weighted by Gasteiger charge is 2.28. The third-order valence-corrected chi connectivity index (χ3v) is 6.25. The van der Waals surface area contributed by atoms with E-state index in [0.717, 1.165) is 22.3 Å². The van der Waals surface area contributed by atoms with Gasteiger partial charge in [0.1, 0.15) is 6.67 Å². The van der Waals surface area contributed by atoms with E-state index in [2.05, 4.69) is 0 Å². The lowest BCUT2D eigenvalue weighted by atomic mass is 9.94. The number of alkyl halides is 7. The summed E-state index contributed by atoms with van der Waals surface area (Å²) in [6, 6.07) is 23.9. The van der Waals surface area contributed by atoms with Gasteiger partial charge in [-0.1, -0.05) is 85.8 Å². The van der Waals surface area contributed by atoms with E-state index in [-0.39, 0.29) is 16.7 Å². The summed E-state index contributed by atoms with van der Waals surface area (Å²) in [5, 5.41) is 0. The van der Waals surface area contributed by atoms with Gasteiger partial charge in [0.2, 0.25) is 0 Å². The highest BCUT2D eigenvalue weighted by Crippen LogP contribution is 2.32. The van der Waals surface area contributed by atoms with E-state index in [0.29, 0.717) is 23.1 Å². The molecule has 0 unspecified atom stereocenters. The second-order valence-corrected chi connectivity index (χ2v) is 9.30. The Bertz CT molecular complexity index is 1270. The van der Waals surface area contributed by atoms with Gasteiger partial charge in [-0.25, -0.2) is 4.39 Å². The van der Waals surface area contributed by atoms with Crippen molar-refractivity contribution < 1.29 is 30.7 Å². The van der Waals surface area contributed by atoms with Crippen LogP contribution in [-0.2, 0) is 25.9 Å². The van der Waals surface area contributed by atoms with E-state index in [1.165, 1.54) is 12.1 Å². The normalized spacial score (nSPS) is 12.1. The fraction of sp³-hybridized carbons (Fsp3) is 0.226. The van der Waals surface area contributed by atoms with Gasteiger partial charge in [0.25, 0.3) is 0 Å². The molecule has 198 valence electrons. The van der Waals surface area contributed by atoms with Gasteiger partial charge in [-0.2, -0.15) is 26.3 Å². The zero-order chi connectivity index (χ0) is 27.5. The van der Waals surface area contributed by atoms with Crippen LogP contribution in [0.4, 0.5) is 30.7 Å². The molecule has 0 spiro atoms. The number of hydrogen-bond donors (Lipinski definition) is 0. The first-order valence-electron chi connectivity index (χ1n) is 12.1. The topological polar surface area (TPSA) is 0 Å². The van der Waals surface area contributed by atoms with Gasteiger partial charge in [-0.3, -0.25) is 0 Å². The molecule has 0 saturated carbocycles. The maximum Gasteiger partial charge on any atom is 0.393 e. The van der Waals surface area contributed by atoms with Crippen LogP contribution < -0.4 is 0 Å². The van der Waals surface area contributed by atoms with Gasteiger partial charge in [0.05, 0.1) is 12.8 Å². The molecular formula is C31H25F7. The molecule has 4 aromatic rings. The van der Waals surface area contributed by atoms with Crippen LogP contribution in [0.1, 0.15) is 29.2 Å². The lowest BCUT2D eigenvalue weighted by molar-refractivity contribution is -0.128. The Balaban J connectivity index is 1.58. The summed E-state index contributed by atoms with van der Waals surface area (Å²) in [6.07, 6.45) is -10.2.